The Morgan fingerprint density at radius 3 is 2.41 bits per heavy atom. The maximum absolute atomic E-state index is 13.8. The average molecular weight is 385 g/mol. The zero-order chi connectivity index (χ0) is 20.6. The maximum atomic E-state index is 13.8. The zero-order valence-electron chi connectivity index (χ0n) is 15.4. The van der Waals surface area contributed by atoms with Crippen LogP contribution < -0.4 is 10.1 Å². The number of rotatable bonds is 6. The van der Waals surface area contributed by atoms with E-state index in [1.54, 1.807) is 60.7 Å². The van der Waals surface area contributed by atoms with Crippen LogP contribution in [0.5, 0.6) is 5.75 Å². The fourth-order valence-corrected chi connectivity index (χ4v) is 2.68. The Morgan fingerprint density at radius 1 is 0.966 bits per heavy atom. The van der Waals surface area contributed by atoms with Gasteiger partial charge in [0.1, 0.15) is 17.6 Å². The summed E-state index contributed by atoms with van der Waals surface area (Å²) >= 11 is 0. The molecule has 0 aliphatic rings. The second-order valence-corrected chi connectivity index (χ2v) is 6.17. The summed E-state index contributed by atoms with van der Waals surface area (Å²) in [4.78, 5) is 12.0. The molecule has 3 aromatic carbocycles. The Kier molecular flexibility index (Phi) is 6.19. The number of nitrogens with one attached hydrogen (secondary N) is 1. The molecule has 0 spiro atoms. The molecule has 3 aromatic rings. The molecule has 0 aromatic heterocycles. The lowest BCUT2D eigenvalue weighted by atomic mass is 10.0. The predicted octanol–water partition coefficient (Wildman–Crippen LogP) is 4.64. The van der Waals surface area contributed by atoms with Gasteiger partial charge in [-0.3, -0.25) is 4.79 Å². The minimum atomic E-state index is -0.559. The van der Waals surface area contributed by atoms with Crippen LogP contribution in [0, 0.1) is 28.5 Å². The van der Waals surface area contributed by atoms with Gasteiger partial charge in [0.05, 0.1) is 30.2 Å². The van der Waals surface area contributed by atoms with Crippen LogP contribution in [0.1, 0.15) is 17.5 Å². The molecular formula is C23H16FN3O2. The molecule has 0 saturated heterocycles. The number of nitriles is 2. The first-order chi connectivity index (χ1) is 14.1. The maximum Gasteiger partial charge on any atom is 0.227 e. The number of ether oxygens (including phenoxy) is 1. The first kappa shape index (κ1) is 19.6. The first-order valence-electron chi connectivity index (χ1n) is 8.82. The van der Waals surface area contributed by atoms with Gasteiger partial charge in [-0.2, -0.15) is 10.5 Å². The molecule has 6 heteroatoms. The number of anilines is 1. The van der Waals surface area contributed by atoms with E-state index in [4.69, 9.17) is 15.3 Å². The van der Waals surface area contributed by atoms with Crippen LogP contribution in [0.4, 0.5) is 10.1 Å². The Hall–Kier alpha value is -4.16. The lowest BCUT2D eigenvalue weighted by Gasteiger charge is -2.09. The Balaban J connectivity index is 1.52. The predicted molar refractivity (Wildman–Crippen MR) is 106 cm³/mol. The van der Waals surface area contributed by atoms with Crippen LogP contribution in [0.2, 0.25) is 0 Å². The van der Waals surface area contributed by atoms with Gasteiger partial charge in [-0.25, -0.2) is 4.39 Å². The van der Waals surface area contributed by atoms with Crippen molar-refractivity contribution in [3.8, 4) is 29.0 Å². The van der Waals surface area contributed by atoms with E-state index in [0.717, 1.165) is 5.56 Å². The van der Waals surface area contributed by atoms with Crippen LogP contribution in [0.3, 0.4) is 0 Å². The van der Waals surface area contributed by atoms with E-state index < -0.39 is 5.82 Å². The molecule has 0 radical (unpaired) electrons. The van der Waals surface area contributed by atoms with Crippen molar-refractivity contribution in [1.29, 1.82) is 10.5 Å². The summed E-state index contributed by atoms with van der Waals surface area (Å²) in [6.07, 6.45) is 0.152. The lowest BCUT2D eigenvalue weighted by molar-refractivity contribution is -0.116. The number of hydrogen-bond acceptors (Lipinski definition) is 4. The van der Waals surface area contributed by atoms with Crippen LogP contribution in [-0.2, 0) is 4.79 Å². The number of benzene rings is 3. The van der Waals surface area contributed by atoms with Crippen LogP contribution in [0.25, 0.3) is 11.1 Å². The highest BCUT2D eigenvalue weighted by Crippen LogP contribution is 2.24. The van der Waals surface area contributed by atoms with Gasteiger partial charge in [0.15, 0.2) is 0 Å². The van der Waals surface area contributed by atoms with Crippen LogP contribution in [-0.4, -0.2) is 12.5 Å². The molecule has 29 heavy (non-hydrogen) atoms. The van der Waals surface area contributed by atoms with Gasteiger partial charge in [0.2, 0.25) is 5.91 Å². The van der Waals surface area contributed by atoms with Crippen LogP contribution >= 0.6 is 0 Å². The van der Waals surface area contributed by atoms with Crippen molar-refractivity contribution in [3.05, 3.63) is 83.7 Å². The third kappa shape index (κ3) is 5.18. The van der Waals surface area contributed by atoms with Crippen molar-refractivity contribution >= 4 is 11.6 Å². The van der Waals surface area contributed by atoms with Crippen molar-refractivity contribution in [2.45, 2.75) is 6.42 Å². The zero-order valence-corrected chi connectivity index (χ0v) is 15.4. The molecule has 0 aliphatic heterocycles. The van der Waals surface area contributed by atoms with E-state index >= 15 is 0 Å². The average Bonchev–Trinajstić information content (AvgIpc) is 2.74. The fraction of sp³-hybridized carbons (Fsp3) is 0.0870. The summed E-state index contributed by atoms with van der Waals surface area (Å²) in [5.74, 6) is -0.191. The van der Waals surface area contributed by atoms with Gasteiger partial charge in [-0.05, 0) is 53.6 Å². The fourth-order valence-electron chi connectivity index (χ4n) is 2.68. The van der Waals surface area contributed by atoms with E-state index in [2.05, 4.69) is 5.32 Å². The number of carbonyl (C=O) groups excluding carboxylic acids is 1. The van der Waals surface area contributed by atoms with Crippen molar-refractivity contribution in [2.24, 2.45) is 0 Å². The molecule has 0 fully saturated rings. The minimum Gasteiger partial charge on any atom is -0.493 e. The second kappa shape index (κ2) is 9.16. The minimum absolute atomic E-state index is 0.00586. The summed E-state index contributed by atoms with van der Waals surface area (Å²) in [5.41, 5.74) is 2.49. The van der Waals surface area contributed by atoms with Gasteiger partial charge in [-0.1, -0.05) is 24.3 Å². The molecule has 3 rings (SSSR count). The lowest BCUT2D eigenvalue weighted by Crippen LogP contribution is -2.15. The topological polar surface area (TPSA) is 85.9 Å². The van der Waals surface area contributed by atoms with Crippen molar-refractivity contribution in [3.63, 3.8) is 0 Å². The largest absolute Gasteiger partial charge is 0.493 e. The third-order valence-corrected chi connectivity index (χ3v) is 4.15. The van der Waals surface area contributed by atoms with E-state index in [-0.39, 0.29) is 24.5 Å². The van der Waals surface area contributed by atoms with Gasteiger partial charge in [0.25, 0.3) is 0 Å². The van der Waals surface area contributed by atoms with E-state index in [1.165, 1.54) is 12.1 Å². The third-order valence-electron chi connectivity index (χ3n) is 4.15. The summed E-state index contributed by atoms with van der Waals surface area (Å²) in [7, 11) is 0. The highest BCUT2D eigenvalue weighted by Gasteiger charge is 2.06. The molecule has 5 nitrogen and oxygen atoms in total. The summed E-state index contributed by atoms with van der Waals surface area (Å²) < 4.78 is 19.3. The van der Waals surface area contributed by atoms with Crippen molar-refractivity contribution in [2.75, 3.05) is 11.9 Å². The van der Waals surface area contributed by atoms with Crippen LogP contribution in [0.15, 0.2) is 66.7 Å². The normalized spacial score (nSPS) is 9.90. The molecule has 0 unspecified atom stereocenters. The summed E-state index contributed by atoms with van der Waals surface area (Å²) in [5, 5.41) is 20.4. The number of carbonyl (C=O) groups is 1. The number of hydrogen-bond donors (Lipinski definition) is 1. The standard InChI is InChI=1S/C23H16FN3O2/c24-22-13-18(4-5-19(22)15-26)17-6-8-21(9-7-17)29-11-10-23(28)27-20-3-1-2-16(12-20)14-25/h1-9,12-13H,10-11H2,(H,27,28). The molecular weight excluding hydrogens is 369 g/mol. The van der Waals surface area contributed by atoms with Crippen molar-refractivity contribution < 1.29 is 13.9 Å². The van der Waals surface area contributed by atoms with E-state index in [1.807, 2.05) is 6.07 Å². The smallest absolute Gasteiger partial charge is 0.227 e. The highest BCUT2D eigenvalue weighted by molar-refractivity contribution is 5.90. The van der Waals surface area contributed by atoms with E-state index in [9.17, 15) is 9.18 Å². The summed E-state index contributed by atoms with van der Waals surface area (Å²) in [6, 6.07) is 22.0. The number of amides is 1. The Labute approximate surface area is 167 Å². The second-order valence-electron chi connectivity index (χ2n) is 6.17. The van der Waals surface area contributed by atoms with E-state index in [0.29, 0.717) is 22.6 Å². The van der Waals surface area contributed by atoms with Gasteiger partial charge in [0, 0.05) is 5.69 Å². The molecule has 0 bridgehead atoms. The van der Waals surface area contributed by atoms with Crippen molar-refractivity contribution in [1.82, 2.24) is 0 Å². The van der Waals surface area contributed by atoms with Gasteiger partial charge >= 0.3 is 0 Å². The number of halogens is 1. The first-order valence-corrected chi connectivity index (χ1v) is 8.82. The molecule has 0 aliphatic carbocycles. The molecule has 0 heterocycles. The molecule has 1 N–H and O–H groups in total. The Morgan fingerprint density at radius 2 is 1.72 bits per heavy atom. The Bertz CT molecular complexity index is 1110. The monoisotopic (exact) mass is 385 g/mol. The molecule has 0 saturated carbocycles. The summed E-state index contributed by atoms with van der Waals surface area (Å²) in [6.45, 7) is 0.189. The molecule has 1 amide bonds. The molecule has 142 valence electrons. The van der Waals surface area contributed by atoms with Gasteiger partial charge in [-0.15, -0.1) is 0 Å². The SMILES string of the molecule is N#Cc1cccc(NC(=O)CCOc2ccc(-c3ccc(C#N)c(F)c3)cc2)c1. The number of nitrogens with zero attached hydrogens (tertiary/aromatic N) is 2. The molecule has 0 atom stereocenters. The quantitative estimate of drug-likeness (QED) is 0.669. The highest BCUT2D eigenvalue weighted by atomic mass is 19.1. The van der Waals surface area contributed by atoms with Gasteiger partial charge < -0.3 is 10.1 Å².